The molecule has 0 aliphatic carbocycles. The SMILES string of the molecule is C=CCOc1c(Br)cc(C(=O)OC)cc1C(=O)OC. The van der Waals surface area contributed by atoms with Crippen LogP contribution in [0.25, 0.3) is 0 Å². The van der Waals surface area contributed by atoms with Crippen molar-refractivity contribution in [2.24, 2.45) is 0 Å². The first kappa shape index (κ1) is 15.2. The van der Waals surface area contributed by atoms with Gasteiger partial charge in [-0.05, 0) is 28.1 Å². The summed E-state index contributed by atoms with van der Waals surface area (Å²) < 4.78 is 15.1. The summed E-state index contributed by atoms with van der Waals surface area (Å²) >= 11 is 3.25. The number of benzene rings is 1. The van der Waals surface area contributed by atoms with Gasteiger partial charge in [-0.15, -0.1) is 0 Å². The van der Waals surface area contributed by atoms with Gasteiger partial charge in [-0.25, -0.2) is 9.59 Å². The number of rotatable bonds is 5. The standard InChI is InChI=1S/C13H13BrO5/c1-4-5-19-11-9(13(16)18-3)6-8(7-10(11)14)12(15)17-2/h4,6-7H,1,5H2,2-3H3. The number of ether oxygens (including phenoxy) is 3. The number of hydrogen-bond acceptors (Lipinski definition) is 5. The summed E-state index contributed by atoms with van der Waals surface area (Å²) in [4.78, 5) is 23.2. The van der Waals surface area contributed by atoms with Gasteiger partial charge in [0.05, 0.1) is 24.3 Å². The summed E-state index contributed by atoms with van der Waals surface area (Å²) in [6.45, 7) is 3.75. The number of esters is 2. The van der Waals surface area contributed by atoms with Crippen molar-refractivity contribution in [1.82, 2.24) is 0 Å². The highest BCUT2D eigenvalue weighted by Gasteiger charge is 2.20. The van der Waals surface area contributed by atoms with Crippen molar-refractivity contribution >= 4 is 27.9 Å². The van der Waals surface area contributed by atoms with Gasteiger partial charge in [-0.1, -0.05) is 12.7 Å². The summed E-state index contributed by atoms with van der Waals surface area (Å²) in [5, 5.41) is 0. The summed E-state index contributed by atoms with van der Waals surface area (Å²) in [6.07, 6.45) is 1.54. The maximum absolute atomic E-state index is 11.7. The van der Waals surface area contributed by atoms with Crippen molar-refractivity contribution in [1.29, 1.82) is 0 Å². The molecule has 102 valence electrons. The first-order valence-electron chi connectivity index (χ1n) is 5.29. The van der Waals surface area contributed by atoms with E-state index >= 15 is 0 Å². The van der Waals surface area contributed by atoms with Gasteiger partial charge in [-0.2, -0.15) is 0 Å². The quantitative estimate of drug-likeness (QED) is 0.614. The summed E-state index contributed by atoms with van der Waals surface area (Å²) in [6, 6.07) is 2.87. The van der Waals surface area contributed by atoms with Crippen molar-refractivity contribution < 1.29 is 23.8 Å². The normalized spacial score (nSPS) is 9.63. The average molecular weight is 329 g/mol. The molecule has 0 fully saturated rings. The zero-order valence-electron chi connectivity index (χ0n) is 10.6. The van der Waals surface area contributed by atoms with Crippen molar-refractivity contribution in [2.75, 3.05) is 20.8 Å². The molecule has 0 bridgehead atoms. The molecule has 5 nitrogen and oxygen atoms in total. The van der Waals surface area contributed by atoms with Gasteiger partial charge in [0.15, 0.2) is 0 Å². The fourth-order valence-corrected chi connectivity index (χ4v) is 1.95. The van der Waals surface area contributed by atoms with E-state index in [-0.39, 0.29) is 17.7 Å². The molecule has 0 aliphatic rings. The second-order valence-electron chi connectivity index (χ2n) is 3.42. The molecule has 0 heterocycles. The van der Waals surface area contributed by atoms with Crippen LogP contribution in [0.1, 0.15) is 20.7 Å². The van der Waals surface area contributed by atoms with Crippen LogP contribution in [0.15, 0.2) is 29.3 Å². The van der Waals surface area contributed by atoms with E-state index in [4.69, 9.17) is 4.74 Å². The lowest BCUT2D eigenvalue weighted by Gasteiger charge is -2.12. The highest BCUT2D eigenvalue weighted by molar-refractivity contribution is 9.10. The molecule has 0 N–H and O–H groups in total. The minimum absolute atomic E-state index is 0.138. The fourth-order valence-electron chi connectivity index (χ4n) is 1.38. The minimum Gasteiger partial charge on any atom is -0.487 e. The van der Waals surface area contributed by atoms with E-state index in [1.54, 1.807) is 6.08 Å². The lowest BCUT2D eigenvalue weighted by atomic mass is 10.1. The highest BCUT2D eigenvalue weighted by atomic mass is 79.9. The third-order valence-corrected chi connectivity index (χ3v) is 2.80. The maximum atomic E-state index is 11.7. The molecule has 0 aromatic heterocycles. The molecule has 0 radical (unpaired) electrons. The number of hydrogen-bond donors (Lipinski definition) is 0. The monoisotopic (exact) mass is 328 g/mol. The first-order chi connectivity index (χ1) is 9.04. The third kappa shape index (κ3) is 3.57. The Kier molecular flexibility index (Phi) is 5.57. The lowest BCUT2D eigenvalue weighted by molar-refractivity contribution is 0.0595. The summed E-state index contributed by atoms with van der Waals surface area (Å²) in [5.74, 6) is -0.869. The fraction of sp³-hybridized carbons (Fsp3) is 0.231. The lowest BCUT2D eigenvalue weighted by Crippen LogP contribution is -2.10. The molecule has 1 rings (SSSR count). The molecule has 0 spiro atoms. The molecular formula is C13H13BrO5. The van der Waals surface area contributed by atoms with Crippen molar-refractivity contribution in [3.63, 3.8) is 0 Å². The molecule has 6 heteroatoms. The van der Waals surface area contributed by atoms with Crippen LogP contribution in [0, 0.1) is 0 Å². The van der Waals surface area contributed by atoms with Crippen LogP contribution >= 0.6 is 15.9 Å². The Bertz CT molecular complexity index is 510. The van der Waals surface area contributed by atoms with E-state index in [2.05, 4.69) is 32.0 Å². The second kappa shape index (κ2) is 6.94. The van der Waals surface area contributed by atoms with E-state index in [1.807, 2.05) is 0 Å². The molecule has 0 saturated carbocycles. The third-order valence-electron chi connectivity index (χ3n) is 2.22. The topological polar surface area (TPSA) is 61.8 Å². The molecule has 0 amide bonds. The average Bonchev–Trinajstić information content (AvgIpc) is 2.43. The van der Waals surface area contributed by atoms with Gasteiger partial charge < -0.3 is 14.2 Å². The van der Waals surface area contributed by atoms with E-state index in [1.165, 1.54) is 26.4 Å². The number of methoxy groups -OCH3 is 2. The Hall–Kier alpha value is -1.82. The van der Waals surface area contributed by atoms with Gasteiger partial charge in [0.1, 0.15) is 17.9 Å². The van der Waals surface area contributed by atoms with Gasteiger partial charge >= 0.3 is 11.9 Å². The largest absolute Gasteiger partial charge is 0.487 e. The Labute approximate surface area is 119 Å². The van der Waals surface area contributed by atoms with Crippen LogP contribution in [-0.4, -0.2) is 32.8 Å². The molecule has 0 atom stereocenters. The van der Waals surface area contributed by atoms with E-state index in [9.17, 15) is 9.59 Å². The number of halogens is 1. The van der Waals surface area contributed by atoms with E-state index in [0.29, 0.717) is 10.2 Å². The molecule has 0 unspecified atom stereocenters. The van der Waals surface area contributed by atoms with Crippen molar-refractivity contribution in [3.8, 4) is 5.75 Å². The van der Waals surface area contributed by atoms with E-state index < -0.39 is 11.9 Å². The predicted molar refractivity (Wildman–Crippen MR) is 72.5 cm³/mol. The van der Waals surface area contributed by atoms with Crippen molar-refractivity contribution in [3.05, 3.63) is 40.4 Å². The zero-order valence-corrected chi connectivity index (χ0v) is 12.2. The number of carbonyl (C=O) groups is 2. The molecule has 19 heavy (non-hydrogen) atoms. The number of carbonyl (C=O) groups excluding carboxylic acids is 2. The zero-order chi connectivity index (χ0) is 14.4. The van der Waals surface area contributed by atoms with Gasteiger partial charge in [-0.3, -0.25) is 0 Å². The minimum atomic E-state index is -0.606. The predicted octanol–water partition coefficient (Wildman–Crippen LogP) is 2.59. The van der Waals surface area contributed by atoms with Crippen LogP contribution in [-0.2, 0) is 9.47 Å². The van der Waals surface area contributed by atoms with Crippen LogP contribution in [0.3, 0.4) is 0 Å². The Morgan fingerprint density at radius 3 is 2.42 bits per heavy atom. The molecule has 1 aromatic carbocycles. The second-order valence-corrected chi connectivity index (χ2v) is 4.27. The highest BCUT2D eigenvalue weighted by Crippen LogP contribution is 2.31. The first-order valence-corrected chi connectivity index (χ1v) is 6.08. The van der Waals surface area contributed by atoms with E-state index in [0.717, 1.165) is 0 Å². The van der Waals surface area contributed by atoms with Crippen LogP contribution in [0.5, 0.6) is 5.75 Å². The van der Waals surface area contributed by atoms with Gasteiger partial charge in [0.2, 0.25) is 0 Å². The Morgan fingerprint density at radius 1 is 1.26 bits per heavy atom. The molecular weight excluding hydrogens is 316 g/mol. The van der Waals surface area contributed by atoms with Gasteiger partial charge in [0.25, 0.3) is 0 Å². The summed E-state index contributed by atoms with van der Waals surface area (Å²) in [7, 11) is 2.51. The van der Waals surface area contributed by atoms with Crippen LogP contribution in [0.2, 0.25) is 0 Å². The molecule has 1 aromatic rings. The molecule has 0 saturated heterocycles. The maximum Gasteiger partial charge on any atom is 0.341 e. The summed E-state index contributed by atoms with van der Waals surface area (Å²) in [5.41, 5.74) is 0.361. The Morgan fingerprint density at radius 2 is 1.89 bits per heavy atom. The molecule has 0 aliphatic heterocycles. The van der Waals surface area contributed by atoms with Crippen LogP contribution in [0.4, 0.5) is 0 Å². The van der Waals surface area contributed by atoms with Crippen molar-refractivity contribution in [2.45, 2.75) is 0 Å². The Balaban J connectivity index is 3.33. The van der Waals surface area contributed by atoms with Gasteiger partial charge in [0, 0.05) is 0 Å². The van der Waals surface area contributed by atoms with Crippen LogP contribution < -0.4 is 4.74 Å². The smallest absolute Gasteiger partial charge is 0.341 e.